The molecule has 1 saturated heterocycles. The van der Waals surface area contributed by atoms with Crippen LogP contribution in [0.4, 0.5) is 18.0 Å². The highest BCUT2D eigenvalue weighted by Crippen LogP contribution is 2.30. The Labute approximate surface area is 108 Å². The van der Waals surface area contributed by atoms with Crippen molar-refractivity contribution in [2.45, 2.75) is 31.9 Å². The van der Waals surface area contributed by atoms with E-state index in [4.69, 9.17) is 5.11 Å². The Kier molecular flexibility index (Phi) is 5.44. The second kappa shape index (κ2) is 6.63. The molecule has 1 aliphatic heterocycles. The van der Waals surface area contributed by atoms with Gasteiger partial charge < -0.3 is 15.3 Å². The zero-order valence-electron chi connectivity index (χ0n) is 10.4. The van der Waals surface area contributed by atoms with Crippen molar-refractivity contribution in [3.8, 4) is 0 Å². The van der Waals surface area contributed by atoms with Crippen molar-refractivity contribution in [1.29, 1.82) is 0 Å². The summed E-state index contributed by atoms with van der Waals surface area (Å²) in [7, 11) is 0. The lowest BCUT2D eigenvalue weighted by molar-refractivity contribution is -0.147. The van der Waals surface area contributed by atoms with Gasteiger partial charge in [-0.2, -0.15) is 13.2 Å². The van der Waals surface area contributed by atoms with E-state index in [-0.39, 0.29) is 26.1 Å². The molecule has 5 nitrogen and oxygen atoms in total. The van der Waals surface area contributed by atoms with Gasteiger partial charge in [-0.25, -0.2) is 4.79 Å². The van der Waals surface area contributed by atoms with Gasteiger partial charge in [0.25, 0.3) is 0 Å². The van der Waals surface area contributed by atoms with Gasteiger partial charge in [-0.15, -0.1) is 0 Å². The Morgan fingerprint density at radius 2 is 1.84 bits per heavy atom. The molecule has 0 unspecified atom stereocenters. The first-order chi connectivity index (χ1) is 8.78. The lowest BCUT2D eigenvalue weighted by atomic mass is 9.93. The summed E-state index contributed by atoms with van der Waals surface area (Å²) >= 11 is 0. The Balaban J connectivity index is 2.25. The molecule has 0 aromatic rings. The number of nitrogens with zero attached hydrogens (tertiary/aromatic N) is 1. The quantitative estimate of drug-likeness (QED) is 0.826. The summed E-state index contributed by atoms with van der Waals surface area (Å²) < 4.78 is 36.6. The van der Waals surface area contributed by atoms with Crippen molar-refractivity contribution in [1.82, 2.24) is 10.2 Å². The number of carboxylic acid groups (broad SMARTS) is 1. The zero-order valence-corrected chi connectivity index (χ0v) is 10.4. The van der Waals surface area contributed by atoms with Crippen LogP contribution < -0.4 is 5.32 Å². The fourth-order valence-corrected chi connectivity index (χ4v) is 2.06. The van der Waals surface area contributed by atoms with Crippen LogP contribution in [0.1, 0.15) is 25.7 Å². The molecule has 8 heteroatoms. The highest BCUT2D eigenvalue weighted by molar-refractivity contribution is 5.75. The molecule has 19 heavy (non-hydrogen) atoms. The van der Waals surface area contributed by atoms with Crippen LogP contribution in [-0.4, -0.2) is 47.8 Å². The Bertz CT molecular complexity index is 326. The first kappa shape index (κ1) is 15.6. The summed E-state index contributed by atoms with van der Waals surface area (Å²) in [4.78, 5) is 23.3. The van der Waals surface area contributed by atoms with Crippen LogP contribution in [0.15, 0.2) is 0 Å². The van der Waals surface area contributed by atoms with Crippen LogP contribution in [0.2, 0.25) is 0 Å². The number of halogens is 3. The molecule has 0 saturated carbocycles. The van der Waals surface area contributed by atoms with Gasteiger partial charge >= 0.3 is 18.2 Å². The molecule has 1 rings (SSSR count). The fourth-order valence-electron chi connectivity index (χ4n) is 2.06. The molecule has 1 fully saturated rings. The van der Waals surface area contributed by atoms with Crippen molar-refractivity contribution < 1.29 is 27.9 Å². The maximum Gasteiger partial charge on any atom is 0.389 e. The Hall–Kier alpha value is -1.47. The van der Waals surface area contributed by atoms with Gasteiger partial charge in [0.15, 0.2) is 0 Å². The number of alkyl halides is 3. The number of hydrogen-bond acceptors (Lipinski definition) is 2. The number of urea groups is 1. The lowest BCUT2D eigenvalue weighted by Gasteiger charge is -2.32. The topological polar surface area (TPSA) is 69.6 Å². The van der Waals surface area contributed by atoms with Gasteiger partial charge in [0, 0.05) is 26.1 Å². The predicted octanol–water partition coefficient (Wildman–Crippen LogP) is 1.84. The Morgan fingerprint density at radius 3 is 2.32 bits per heavy atom. The Morgan fingerprint density at radius 1 is 1.26 bits per heavy atom. The van der Waals surface area contributed by atoms with Gasteiger partial charge in [-0.05, 0) is 18.8 Å². The second-order valence-corrected chi connectivity index (χ2v) is 4.63. The molecule has 1 heterocycles. The molecule has 0 atom stereocenters. The van der Waals surface area contributed by atoms with Crippen LogP contribution in [0.25, 0.3) is 0 Å². The van der Waals surface area contributed by atoms with Gasteiger partial charge in [0.1, 0.15) is 0 Å². The fraction of sp³-hybridized carbons (Fsp3) is 0.818. The van der Waals surface area contributed by atoms with E-state index in [1.54, 1.807) is 0 Å². The minimum Gasteiger partial charge on any atom is -0.481 e. The SMILES string of the molecule is O=C(O)CCNC(=O)N1CCC(CC(F)(F)F)CC1. The standard InChI is InChI=1S/C11H17F3N2O3/c12-11(13,14)7-8-2-5-16(6-3-8)10(19)15-4-1-9(17)18/h8H,1-7H2,(H,15,19)(H,17,18). The normalized spacial score (nSPS) is 17.3. The zero-order chi connectivity index (χ0) is 14.5. The summed E-state index contributed by atoms with van der Waals surface area (Å²) in [5.74, 6) is -1.44. The molecule has 2 amide bonds. The van der Waals surface area contributed by atoms with Crippen LogP contribution in [0.5, 0.6) is 0 Å². The van der Waals surface area contributed by atoms with Crippen molar-refractivity contribution in [3.05, 3.63) is 0 Å². The van der Waals surface area contributed by atoms with Crippen molar-refractivity contribution in [3.63, 3.8) is 0 Å². The first-order valence-corrected chi connectivity index (χ1v) is 6.09. The van der Waals surface area contributed by atoms with Gasteiger partial charge in [0.2, 0.25) is 0 Å². The van der Waals surface area contributed by atoms with E-state index in [1.807, 2.05) is 0 Å². The monoisotopic (exact) mass is 282 g/mol. The van der Waals surface area contributed by atoms with E-state index in [2.05, 4.69) is 5.32 Å². The number of carboxylic acids is 1. The maximum absolute atomic E-state index is 12.2. The van der Waals surface area contributed by atoms with Gasteiger partial charge in [-0.1, -0.05) is 0 Å². The number of carbonyl (C=O) groups excluding carboxylic acids is 1. The van der Waals surface area contributed by atoms with Crippen LogP contribution in [0.3, 0.4) is 0 Å². The van der Waals surface area contributed by atoms with E-state index in [9.17, 15) is 22.8 Å². The highest BCUT2D eigenvalue weighted by Gasteiger charge is 2.34. The molecule has 0 spiro atoms. The van der Waals surface area contributed by atoms with E-state index in [1.165, 1.54) is 4.90 Å². The van der Waals surface area contributed by atoms with Crippen molar-refractivity contribution >= 4 is 12.0 Å². The summed E-state index contributed by atoms with van der Waals surface area (Å²) in [5.41, 5.74) is 0. The average Bonchev–Trinajstić information content (AvgIpc) is 2.27. The van der Waals surface area contributed by atoms with Crippen molar-refractivity contribution in [2.24, 2.45) is 5.92 Å². The minimum absolute atomic E-state index is 0.0245. The number of likely N-dealkylation sites (tertiary alicyclic amines) is 1. The van der Waals surface area contributed by atoms with E-state index in [0.29, 0.717) is 12.8 Å². The summed E-state index contributed by atoms with van der Waals surface area (Å²) in [6.07, 6.45) is -4.48. The lowest BCUT2D eigenvalue weighted by Crippen LogP contribution is -2.45. The number of rotatable bonds is 4. The molecule has 110 valence electrons. The molecule has 0 aliphatic carbocycles. The van der Waals surface area contributed by atoms with E-state index < -0.39 is 30.5 Å². The third kappa shape index (κ3) is 6.30. The molecule has 0 aromatic carbocycles. The summed E-state index contributed by atoms with van der Waals surface area (Å²) in [6, 6.07) is -0.410. The first-order valence-electron chi connectivity index (χ1n) is 6.09. The van der Waals surface area contributed by atoms with Crippen LogP contribution in [-0.2, 0) is 4.79 Å². The summed E-state index contributed by atoms with van der Waals surface area (Å²) in [5, 5.41) is 10.8. The van der Waals surface area contributed by atoms with E-state index >= 15 is 0 Å². The molecule has 2 N–H and O–H groups in total. The third-order valence-corrected chi connectivity index (χ3v) is 3.04. The molecular weight excluding hydrogens is 265 g/mol. The maximum atomic E-state index is 12.2. The van der Waals surface area contributed by atoms with E-state index in [0.717, 1.165) is 0 Å². The number of hydrogen-bond donors (Lipinski definition) is 2. The van der Waals surface area contributed by atoms with Crippen LogP contribution in [0, 0.1) is 5.92 Å². The largest absolute Gasteiger partial charge is 0.481 e. The molecular formula is C11H17F3N2O3. The smallest absolute Gasteiger partial charge is 0.389 e. The molecule has 1 aliphatic rings. The summed E-state index contributed by atoms with van der Waals surface area (Å²) in [6.45, 7) is 0.579. The molecule has 0 radical (unpaired) electrons. The number of amides is 2. The number of nitrogens with one attached hydrogen (secondary N) is 1. The van der Waals surface area contributed by atoms with Gasteiger partial charge in [0.05, 0.1) is 6.42 Å². The molecule has 0 bridgehead atoms. The second-order valence-electron chi connectivity index (χ2n) is 4.63. The van der Waals surface area contributed by atoms with Crippen molar-refractivity contribution in [2.75, 3.05) is 19.6 Å². The molecule has 0 aromatic heterocycles. The van der Waals surface area contributed by atoms with Gasteiger partial charge in [-0.3, -0.25) is 4.79 Å². The number of aliphatic carboxylic acids is 1. The number of carbonyl (C=O) groups is 2. The van der Waals surface area contributed by atoms with Crippen LogP contribution >= 0.6 is 0 Å². The minimum atomic E-state index is -4.16. The third-order valence-electron chi connectivity index (χ3n) is 3.04. The number of piperidine rings is 1. The average molecular weight is 282 g/mol. The highest BCUT2D eigenvalue weighted by atomic mass is 19.4. The predicted molar refractivity (Wildman–Crippen MR) is 60.6 cm³/mol.